The van der Waals surface area contributed by atoms with Gasteiger partial charge in [0.25, 0.3) is 0 Å². The van der Waals surface area contributed by atoms with E-state index in [0.29, 0.717) is 12.1 Å². The molecule has 2 nitrogen and oxygen atoms in total. The zero-order valence-electron chi connectivity index (χ0n) is 13.7. The Morgan fingerprint density at radius 1 is 1.19 bits per heavy atom. The maximum absolute atomic E-state index is 13.6. The fraction of sp³-hybridized carbons (Fsp3) is 0.667. The van der Waals surface area contributed by atoms with Gasteiger partial charge in [0.2, 0.25) is 0 Å². The Bertz CT molecular complexity index is 437. The van der Waals surface area contributed by atoms with Crippen LogP contribution in [0.2, 0.25) is 0 Å². The lowest BCUT2D eigenvalue weighted by Crippen LogP contribution is -2.32. The Morgan fingerprint density at radius 2 is 1.86 bits per heavy atom. The van der Waals surface area contributed by atoms with Gasteiger partial charge in [0.05, 0.1) is 0 Å². The third kappa shape index (κ3) is 4.70. The molecule has 1 aromatic carbocycles. The van der Waals surface area contributed by atoms with Crippen molar-refractivity contribution in [1.29, 1.82) is 0 Å². The SMILES string of the molecule is CC(C)NCc1cc(F)ccc1N(C)C1CCCCCC1. The van der Waals surface area contributed by atoms with Crippen molar-refractivity contribution in [3.05, 3.63) is 29.6 Å². The lowest BCUT2D eigenvalue weighted by atomic mass is 10.0. The van der Waals surface area contributed by atoms with Crippen LogP contribution in [0.3, 0.4) is 0 Å². The standard InChI is InChI=1S/C18H29FN2/c1-14(2)20-13-15-12-16(19)10-11-18(15)21(3)17-8-6-4-5-7-9-17/h10-12,14,17,20H,4-9,13H2,1-3H3. The molecule has 0 amide bonds. The summed E-state index contributed by atoms with van der Waals surface area (Å²) in [5.41, 5.74) is 2.24. The van der Waals surface area contributed by atoms with Crippen LogP contribution in [0, 0.1) is 5.82 Å². The highest BCUT2D eigenvalue weighted by Gasteiger charge is 2.19. The van der Waals surface area contributed by atoms with E-state index in [1.807, 2.05) is 6.07 Å². The summed E-state index contributed by atoms with van der Waals surface area (Å²) in [5, 5.41) is 3.41. The Balaban J connectivity index is 2.16. The predicted octanol–water partition coefficient (Wildman–Crippen LogP) is 4.48. The second-order valence-electron chi connectivity index (χ2n) is 6.56. The molecular weight excluding hydrogens is 263 g/mol. The number of hydrogen-bond acceptors (Lipinski definition) is 2. The number of halogens is 1. The highest BCUT2D eigenvalue weighted by Crippen LogP contribution is 2.28. The first-order valence-corrected chi connectivity index (χ1v) is 8.32. The van der Waals surface area contributed by atoms with Crippen LogP contribution in [0.1, 0.15) is 57.9 Å². The molecule has 0 radical (unpaired) electrons. The number of rotatable bonds is 5. The van der Waals surface area contributed by atoms with Gasteiger partial charge < -0.3 is 10.2 Å². The van der Waals surface area contributed by atoms with E-state index in [9.17, 15) is 4.39 Å². The molecule has 1 fully saturated rings. The number of nitrogens with zero attached hydrogens (tertiary/aromatic N) is 1. The number of anilines is 1. The average Bonchev–Trinajstić information content (AvgIpc) is 2.73. The van der Waals surface area contributed by atoms with E-state index in [2.05, 4.69) is 31.1 Å². The third-order valence-electron chi connectivity index (χ3n) is 4.49. The number of benzene rings is 1. The maximum atomic E-state index is 13.6. The normalized spacial score (nSPS) is 17.0. The molecule has 1 N–H and O–H groups in total. The lowest BCUT2D eigenvalue weighted by molar-refractivity contribution is 0.545. The monoisotopic (exact) mass is 292 g/mol. The van der Waals surface area contributed by atoms with Gasteiger partial charge in [-0.25, -0.2) is 4.39 Å². The van der Waals surface area contributed by atoms with Gasteiger partial charge in [-0.3, -0.25) is 0 Å². The van der Waals surface area contributed by atoms with Crippen molar-refractivity contribution in [2.75, 3.05) is 11.9 Å². The van der Waals surface area contributed by atoms with Crippen LogP contribution in [-0.2, 0) is 6.54 Å². The van der Waals surface area contributed by atoms with Crippen molar-refractivity contribution in [3.8, 4) is 0 Å². The van der Waals surface area contributed by atoms with Gasteiger partial charge in [0.15, 0.2) is 0 Å². The number of hydrogen-bond donors (Lipinski definition) is 1. The average molecular weight is 292 g/mol. The molecule has 0 unspecified atom stereocenters. The van der Waals surface area contributed by atoms with Crippen LogP contribution < -0.4 is 10.2 Å². The van der Waals surface area contributed by atoms with Gasteiger partial charge in [-0.15, -0.1) is 0 Å². The van der Waals surface area contributed by atoms with E-state index in [4.69, 9.17) is 0 Å². The summed E-state index contributed by atoms with van der Waals surface area (Å²) >= 11 is 0. The first-order chi connectivity index (χ1) is 10.1. The topological polar surface area (TPSA) is 15.3 Å². The molecule has 0 saturated heterocycles. The van der Waals surface area contributed by atoms with Crippen LogP contribution in [0.25, 0.3) is 0 Å². The molecule has 0 bridgehead atoms. The highest BCUT2D eigenvalue weighted by molar-refractivity contribution is 5.54. The molecule has 1 aromatic rings. The molecule has 3 heteroatoms. The summed E-state index contributed by atoms with van der Waals surface area (Å²) in [7, 11) is 2.17. The minimum Gasteiger partial charge on any atom is -0.371 e. The molecule has 118 valence electrons. The maximum Gasteiger partial charge on any atom is 0.123 e. The molecule has 1 saturated carbocycles. The molecule has 1 aliphatic carbocycles. The molecular formula is C18H29FN2. The Morgan fingerprint density at radius 3 is 2.48 bits per heavy atom. The molecule has 21 heavy (non-hydrogen) atoms. The zero-order chi connectivity index (χ0) is 15.2. The van der Waals surface area contributed by atoms with Crippen molar-refractivity contribution in [3.63, 3.8) is 0 Å². The first-order valence-electron chi connectivity index (χ1n) is 8.32. The summed E-state index contributed by atoms with van der Waals surface area (Å²) < 4.78 is 13.6. The van der Waals surface area contributed by atoms with Crippen LogP contribution in [0.15, 0.2) is 18.2 Å². The van der Waals surface area contributed by atoms with Gasteiger partial charge >= 0.3 is 0 Å². The van der Waals surface area contributed by atoms with Crippen LogP contribution in [-0.4, -0.2) is 19.1 Å². The van der Waals surface area contributed by atoms with Crippen LogP contribution >= 0.6 is 0 Å². The van der Waals surface area contributed by atoms with Crippen molar-refractivity contribution >= 4 is 5.69 Å². The fourth-order valence-corrected chi connectivity index (χ4v) is 3.20. The molecule has 0 aromatic heterocycles. The third-order valence-corrected chi connectivity index (χ3v) is 4.49. The van der Waals surface area contributed by atoms with E-state index in [-0.39, 0.29) is 5.82 Å². The van der Waals surface area contributed by atoms with Gasteiger partial charge in [-0.05, 0) is 36.6 Å². The molecule has 1 aliphatic rings. The summed E-state index contributed by atoms with van der Waals surface area (Å²) in [5.74, 6) is -0.145. The minimum absolute atomic E-state index is 0.145. The second-order valence-corrected chi connectivity index (χ2v) is 6.56. The highest BCUT2D eigenvalue weighted by atomic mass is 19.1. The molecule has 0 aliphatic heterocycles. The molecule has 0 heterocycles. The zero-order valence-corrected chi connectivity index (χ0v) is 13.7. The van der Waals surface area contributed by atoms with Gasteiger partial charge in [0, 0.05) is 31.4 Å². The van der Waals surface area contributed by atoms with E-state index >= 15 is 0 Å². The van der Waals surface area contributed by atoms with Crippen molar-refractivity contribution < 1.29 is 4.39 Å². The Kier molecular flexibility index (Phi) is 6.04. The minimum atomic E-state index is -0.145. The predicted molar refractivity (Wildman–Crippen MR) is 88.3 cm³/mol. The summed E-state index contributed by atoms with van der Waals surface area (Å²) in [4.78, 5) is 2.38. The van der Waals surface area contributed by atoms with Crippen LogP contribution in [0.4, 0.5) is 10.1 Å². The van der Waals surface area contributed by atoms with Crippen LogP contribution in [0.5, 0.6) is 0 Å². The quantitative estimate of drug-likeness (QED) is 0.805. The van der Waals surface area contributed by atoms with Crippen molar-refractivity contribution in [2.24, 2.45) is 0 Å². The molecule has 2 rings (SSSR count). The van der Waals surface area contributed by atoms with E-state index < -0.39 is 0 Å². The lowest BCUT2D eigenvalue weighted by Gasteiger charge is -2.31. The fourth-order valence-electron chi connectivity index (χ4n) is 3.20. The Labute approximate surface area is 128 Å². The largest absolute Gasteiger partial charge is 0.371 e. The van der Waals surface area contributed by atoms with Crippen molar-refractivity contribution in [1.82, 2.24) is 5.32 Å². The Hall–Kier alpha value is -1.09. The summed E-state index contributed by atoms with van der Waals surface area (Å²) in [6.07, 6.45) is 7.85. The molecule has 0 spiro atoms. The van der Waals surface area contributed by atoms with Crippen molar-refractivity contribution in [2.45, 2.75) is 71.0 Å². The van der Waals surface area contributed by atoms with E-state index in [1.54, 1.807) is 12.1 Å². The van der Waals surface area contributed by atoms with E-state index in [1.165, 1.54) is 44.2 Å². The van der Waals surface area contributed by atoms with Gasteiger partial charge in [0.1, 0.15) is 5.82 Å². The summed E-state index contributed by atoms with van der Waals surface area (Å²) in [6.45, 7) is 4.96. The smallest absolute Gasteiger partial charge is 0.123 e. The molecule has 0 atom stereocenters. The second kappa shape index (κ2) is 7.79. The number of nitrogens with one attached hydrogen (secondary N) is 1. The van der Waals surface area contributed by atoms with E-state index in [0.717, 1.165) is 12.1 Å². The van der Waals surface area contributed by atoms with Gasteiger partial charge in [-0.2, -0.15) is 0 Å². The van der Waals surface area contributed by atoms with Gasteiger partial charge in [-0.1, -0.05) is 39.5 Å². The summed E-state index contributed by atoms with van der Waals surface area (Å²) in [6, 6.07) is 6.21. The first kappa shape index (κ1) is 16.3.